The molecule has 1 atom stereocenters. The fourth-order valence-electron chi connectivity index (χ4n) is 2.19. The average molecular weight is 286 g/mol. The minimum atomic E-state index is -0.774. The number of carbonyl (C=O) groups is 2. The molecule has 0 spiro atoms. The summed E-state index contributed by atoms with van der Waals surface area (Å²) in [5, 5.41) is 11.6. The van der Waals surface area contributed by atoms with Crippen LogP contribution in [-0.2, 0) is 9.53 Å². The number of morpholine rings is 1. The van der Waals surface area contributed by atoms with Crippen LogP contribution in [0.3, 0.4) is 0 Å². The molecule has 1 rings (SSSR count). The van der Waals surface area contributed by atoms with E-state index < -0.39 is 5.97 Å². The zero-order valence-electron chi connectivity index (χ0n) is 12.6. The lowest BCUT2D eigenvalue weighted by Crippen LogP contribution is -2.49. The van der Waals surface area contributed by atoms with Crippen LogP contribution < -0.4 is 5.32 Å². The molecule has 0 bridgehead atoms. The summed E-state index contributed by atoms with van der Waals surface area (Å²) >= 11 is 0. The summed E-state index contributed by atoms with van der Waals surface area (Å²) in [5.74, 6) is -0.774. The third-order valence-electron chi connectivity index (χ3n) is 3.62. The summed E-state index contributed by atoms with van der Waals surface area (Å²) in [6.07, 6.45) is 1.64. The van der Waals surface area contributed by atoms with Gasteiger partial charge in [-0.25, -0.2) is 4.79 Å². The predicted molar refractivity (Wildman–Crippen MR) is 75.7 cm³/mol. The fourth-order valence-corrected chi connectivity index (χ4v) is 2.19. The number of ether oxygens (including phenoxy) is 1. The minimum Gasteiger partial charge on any atom is -0.481 e. The first-order chi connectivity index (χ1) is 9.30. The van der Waals surface area contributed by atoms with Crippen LogP contribution in [0.25, 0.3) is 0 Å². The van der Waals surface area contributed by atoms with Crippen molar-refractivity contribution < 1.29 is 19.4 Å². The second-order valence-electron chi connectivity index (χ2n) is 6.17. The molecule has 1 aliphatic rings. The Bertz CT molecular complexity index is 344. The van der Waals surface area contributed by atoms with Crippen LogP contribution in [0.5, 0.6) is 0 Å². The van der Waals surface area contributed by atoms with Gasteiger partial charge in [0, 0.05) is 26.1 Å². The molecule has 116 valence electrons. The van der Waals surface area contributed by atoms with Crippen LogP contribution in [0.1, 0.15) is 40.0 Å². The van der Waals surface area contributed by atoms with E-state index in [1.165, 1.54) is 0 Å². The van der Waals surface area contributed by atoms with Gasteiger partial charge in [0.2, 0.25) is 0 Å². The van der Waals surface area contributed by atoms with Crippen molar-refractivity contribution in [1.29, 1.82) is 0 Å². The highest BCUT2D eigenvalue weighted by Gasteiger charge is 2.23. The molecule has 0 aromatic rings. The maximum atomic E-state index is 12.0. The molecule has 0 aromatic heterocycles. The Kier molecular flexibility index (Phi) is 6.26. The minimum absolute atomic E-state index is 0.0609. The lowest BCUT2D eigenvalue weighted by Gasteiger charge is -2.31. The Labute approximate surface area is 120 Å². The molecule has 2 N–H and O–H groups in total. The molecule has 20 heavy (non-hydrogen) atoms. The quantitative estimate of drug-likeness (QED) is 0.779. The van der Waals surface area contributed by atoms with E-state index >= 15 is 0 Å². The summed E-state index contributed by atoms with van der Waals surface area (Å²) < 4.78 is 5.39. The van der Waals surface area contributed by atoms with Gasteiger partial charge in [-0.15, -0.1) is 0 Å². The van der Waals surface area contributed by atoms with Gasteiger partial charge in [-0.2, -0.15) is 0 Å². The normalized spacial score (nSPS) is 19.8. The summed E-state index contributed by atoms with van der Waals surface area (Å²) in [4.78, 5) is 24.3. The molecule has 1 heterocycles. The largest absolute Gasteiger partial charge is 0.481 e. The Balaban J connectivity index is 2.25. The lowest BCUT2D eigenvalue weighted by molar-refractivity contribution is -0.137. The smallest absolute Gasteiger partial charge is 0.317 e. The van der Waals surface area contributed by atoms with Gasteiger partial charge in [-0.05, 0) is 25.2 Å². The number of carboxylic acid groups (broad SMARTS) is 1. The molecule has 1 saturated heterocycles. The topological polar surface area (TPSA) is 78.9 Å². The Hall–Kier alpha value is -1.30. The Morgan fingerprint density at radius 2 is 2.10 bits per heavy atom. The number of carbonyl (C=O) groups excluding carboxylic acids is 1. The van der Waals surface area contributed by atoms with Crippen LogP contribution in [0.2, 0.25) is 0 Å². The Morgan fingerprint density at radius 1 is 1.40 bits per heavy atom. The maximum Gasteiger partial charge on any atom is 0.317 e. The molecule has 1 fully saturated rings. The summed E-state index contributed by atoms with van der Waals surface area (Å²) in [5.41, 5.74) is -0.0794. The highest BCUT2D eigenvalue weighted by Crippen LogP contribution is 2.26. The van der Waals surface area contributed by atoms with E-state index in [0.29, 0.717) is 32.7 Å². The maximum absolute atomic E-state index is 12.0. The van der Waals surface area contributed by atoms with E-state index in [9.17, 15) is 9.59 Å². The van der Waals surface area contributed by atoms with Crippen molar-refractivity contribution in [3.63, 3.8) is 0 Å². The van der Waals surface area contributed by atoms with Crippen LogP contribution in [0, 0.1) is 5.41 Å². The summed E-state index contributed by atoms with van der Waals surface area (Å²) in [6, 6.07) is -0.0609. The molecule has 2 amide bonds. The van der Waals surface area contributed by atoms with Crippen LogP contribution >= 0.6 is 0 Å². The summed E-state index contributed by atoms with van der Waals surface area (Å²) in [6.45, 7) is 8.40. The van der Waals surface area contributed by atoms with Gasteiger partial charge in [-0.3, -0.25) is 4.79 Å². The number of rotatable bonds is 6. The van der Waals surface area contributed by atoms with E-state index in [4.69, 9.17) is 9.84 Å². The molecule has 1 unspecified atom stereocenters. The highest BCUT2D eigenvalue weighted by molar-refractivity contribution is 5.74. The van der Waals surface area contributed by atoms with Crippen molar-refractivity contribution in [3.8, 4) is 0 Å². The SMILES string of the molecule is CC1CN(C(=O)NCCC(C)(C)CCC(=O)O)CCO1. The molecule has 6 nitrogen and oxygen atoms in total. The van der Waals surface area contributed by atoms with Crippen LogP contribution in [-0.4, -0.2) is 54.4 Å². The molecule has 1 aliphatic heterocycles. The first-order valence-electron chi connectivity index (χ1n) is 7.16. The van der Waals surface area contributed by atoms with E-state index in [0.717, 1.165) is 6.42 Å². The second-order valence-corrected chi connectivity index (χ2v) is 6.17. The van der Waals surface area contributed by atoms with Crippen LogP contribution in [0.4, 0.5) is 4.79 Å². The molecule has 0 aromatic carbocycles. The molecule has 0 aliphatic carbocycles. The number of urea groups is 1. The van der Waals surface area contributed by atoms with Crippen molar-refractivity contribution in [2.45, 2.75) is 46.1 Å². The van der Waals surface area contributed by atoms with E-state index in [1.807, 2.05) is 20.8 Å². The van der Waals surface area contributed by atoms with Crippen molar-refractivity contribution in [2.75, 3.05) is 26.2 Å². The molecular weight excluding hydrogens is 260 g/mol. The standard InChI is InChI=1S/C14H26N2O4/c1-11-10-16(8-9-20-11)13(19)15-7-6-14(2,3)5-4-12(17)18/h11H,4-10H2,1-3H3,(H,15,19)(H,17,18). The number of carboxylic acids is 1. The summed E-state index contributed by atoms with van der Waals surface area (Å²) in [7, 11) is 0. The molecule has 6 heteroatoms. The number of nitrogens with one attached hydrogen (secondary N) is 1. The van der Waals surface area contributed by atoms with Gasteiger partial charge in [0.05, 0.1) is 12.7 Å². The zero-order valence-corrected chi connectivity index (χ0v) is 12.6. The van der Waals surface area contributed by atoms with Gasteiger partial charge in [0.25, 0.3) is 0 Å². The van der Waals surface area contributed by atoms with Gasteiger partial charge >= 0.3 is 12.0 Å². The first kappa shape index (κ1) is 16.8. The van der Waals surface area contributed by atoms with E-state index in [1.54, 1.807) is 4.90 Å². The zero-order chi connectivity index (χ0) is 15.2. The van der Waals surface area contributed by atoms with Gasteiger partial charge in [-0.1, -0.05) is 13.8 Å². The van der Waals surface area contributed by atoms with Gasteiger partial charge < -0.3 is 20.1 Å². The number of hydrogen-bond donors (Lipinski definition) is 2. The van der Waals surface area contributed by atoms with Crippen molar-refractivity contribution in [1.82, 2.24) is 10.2 Å². The van der Waals surface area contributed by atoms with Crippen molar-refractivity contribution in [3.05, 3.63) is 0 Å². The monoisotopic (exact) mass is 286 g/mol. The van der Waals surface area contributed by atoms with Crippen molar-refractivity contribution in [2.24, 2.45) is 5.41 Å². The van der Waals surface area contributed by atoms with Crippen molar-refractivity contribution >= 4 is 12.0 Å². The Morgan fingerprint density at radius 3 is 2.70 bits per heavy atom. The number of hydrogen-bond acceptors (Lipinski definition) is 3. The first-order valence-corrected chi connectivity index (χ1v) is 7.16. The number of amides is 2. The number of nitrogens with zero attached hydrogens (tertiary/aromatic N) is 1. The molecule has 0 saturated carbocycles. The highest BCUT2D eigenvalue weighted by atomic mass is 16.5. The predicted octanol–water partition coefficient (Wildman–Crippen LogP) is 1.70. The van der Waals surface area contributed by atoms with E-state index in [2.05, 4.69) is 5.32 Å². The third-order valence-corrected chi connectivity index (χ3v) is 3.62. The third kappa shape index (κ3) is 6.23. The average Bonchev–Trinajstić information content (AvgIpc) is 2.36. The molecule has 0 radical (unpaired) electrons. The van der Waals surface area contributed by atoms with E-state index in [-0.39, 0.29) is 24.0 Å². The lowest BCUT2D eigenvalue weighted by atomic mass is 9.84. The second kappa shape index (κ2) is 7.47. The van der Waals surface area contributed by atoms with Gasteiger partial charge in [0.15, 0.2) is 0 Å². The fraction of sp³-hybridized carbons (Fsp3) is 0.857. The molecular formula is C14H26N2O4. The number of aliphatic carboxylic acids is 1. The van der Waals surface area contributed by atoms with Gasteiger partial charge in [0.1, 0.15) is 0 Å². The van der Waals surface area contributed by atoms with Crippen LogP contribution in [0.15, 0.2) is 0 Å².